The maximum atomic E-state index is 13.4. The summed E-state index contributed by atoms with van der Waals surface area (Å²) in [4.78, 5) is 6.24. The summed E-state index contributed by atoms with van der Waals surface area (Å²) in [6, 6.07) is 8.94. The molecule has 1 heterocycles. The third-order valence-corrected chi connectivity index (χ3v) is 3.32. The predicted octanol–water partition coefficient (Wildman–Crippen LogP) is 3.66. The maximum Gasteiger partial charge on any atom is 0.151 e. The number of hydrogen-bond donors (Lipinski definition) is 1. The Hall–Kier alpha value is -1.62. The third-order valence-electron chi connectivity index (χ3n) is 2.68. The fourth-order valence-electron chi connectivity index (χ4n) is 1.74. The Morgan fingerprint density at radius 2 is 2.11 bits per heavy atom. The van der Waals surface area contributed by atoms with Crippen molar-refractivity contribution in [1.82, 2.24) is 4.98 Å². The van der Waals surface area contributed by atoms with Crippen molar-refractivity contribution in [2.24, 2.45) is 0 Å². The Labute approximate surface area is 120 Å². The van der Waals surface area contributed by atoms with Crippen molar-refractivity contribution in [2.75, 3.05) is 24.3 Å². The smallest absolute Gasteiger partial charge is 0.151 e. The molecule has 0 bridgehead atoms. The molecule has 0 aliphatic rings. The lowest BCUT2D eigenvalue weighted by molar-refractivity contribution is 0.619. The van der Waals surface area contributed by atoms with Crippen molar-refractivity contribution in [3.05, 3.63) is 52.4 Å². The van der Waals surface area contributed by atoms with Gasteiger partial charge in [0.15, 0.2) is 5.82 Å². The molecule has 0 saturated carbocycles. The summed E-state index contributed by atoms with van der Waals surface area (Å²) in [7, 11) is 3.87. The first kappa shape index (κ1) is 13.8. The molecular weight excluding hydrogens is 309 g/mol. The number of hydrogen-bond acceptors (Lipinski definition) is 3. The van der Waals surface area contributed by atoms with Crippen LogP contribution in [0.25, 0.3) is 0 Å². The van der Waals surface area contributed by atoms with Crippen LogP contribution in [0.1, 0.15) is 5.56 Å². The van der Waals surface area contributed by atoms with Crippen molar-refractivity contribution >= 4 is 27.4 Å². The number of nitrogens with one attached hydrogen (secondary N) is 1. The zero-order valence-electron chi connectivity index (χ0n) is 10.8. The lowest BCUT2D eigenvalue weighted by atomic mass is 10.2. The van der Waals surface area contributed by atoms with Crippen molar-refractivity contribution in [1.29, 1.82) is 0 Å². The van der Waals surface area contributed by atoms with Crippen LogP contribution in [0.3, 0.4) is 0 Å². The van der Waals surface area contributed by atoms with Gasteiger partial charge < -0.3 is 10.2 Å². The molecule has 0 fully saturated rings. The molecule has 100 valence electrons. The second-order valence-corrected chi connectivity index (χ2v) is 5.23. The number of anilines is 2. The molecule has 0 radical (unpaired) electrons. The maximum absolute atomic E-state index is 13.4. The molecule has 2 rings (SSSR count). The minimum absolute atomic E-state index is 0.252. The van der Waals surface area contributed by atoms with Crippen molar-refractivity contribution in [3.63, 3.8) is 0 Å². The molecule has 0 amide bonds. The molecule has 0 aliphatic heterocycles. The van der Waals surface area contributed by atoms with E-state index in [1.54, 1.807) is 12.3 Å². The van der Waals surface area contributed by atoms with E-state index in [0.717, 1.165) is 17.1 Å². The summed E-state index contributed by atoms with van der Waals surface area (Å²) < 4.78 is 13.9. The van der Waals surface area contributed by atoms with Crippen molar-refractivity contribution in [2.45, 2.75) is 6.54 Å². The molecule has 2 aromatic rings. The van der Waals surface area contributed by atoms with Crippen molar-refractivity contribution < 1.29 is 4.39 Å². The average Bonchev–Trinajstić information content (AvgIpc) is 2.40. The Bertz CT molecular complexity index is 572. The van der Waals surface area contributed by atoms with E-state index >= 15 is 0 Å². The number of benzene rings is 1. The first-order chi connectivity index (χ1) is 9.08. The quantitative estimate of drug-likeness (QED) is 0.930. The summed E-state index contributed by atoms with van der Waals surface area (Å²) in [5, 5.41) is 3.27. The number of halogens is 2. The van der Waals surface area contributed by atoms with E-state index in [9.17, 15) is 4.39 Å². The Morgan fingerprint density at radius 3 is 2.79 bits per heavy atom. The minimum atomic E-state index is -0.252. The van der Waals surface area contributed by atoms with Gasteiger partial charge in [-0.15, -0.1) is 0 Å². The lowest BCUT2D eigenvalue weighted by Crippen LogP contribution is -2.13. The summed E-state index contributed by atoms with van der Waals surface area (Å²) in [5.41, 5.74) is 1.81. The number of pyridine rings is 1. The first-order valence-corrected chi connectivity index (χ1v) is 6.67. The van der Waals surface area contributed by atoms with Gasteiger partial charge in [0.1, 0.15) is 5.82 Å². The fraction of sp³-hybridized carbons (Fsp3) is 0.214. The second-order valence-electron chi connectivity index (χ2n) is 4.37. The summed E-state index contributed by atoms with van der Waals surface area (Å²) in [5.74, 6) is 0.610. The van der Waals surface area contributed by atoms with E-state index in [4.69, 9.17) is 0 Å². The molecule has 0 spiro atoms. The summed E-state index contributed by atoms with van der Waals surface area (Å²) >= 11 is 3.14. The lowest BCUT2D eigenvalue weighted by Gasteiger charge is -2.17. The third kappa shape index (κ3) is 3.44. The summed E-state index contributed by atoms with van der Waals surface area (Å²) in [6.07, 6.45) is 1.75. The van der Waals surface area contributed by atoms with Crippen LogP contribution in [0.2, 0.25) is 0 Å². The van der Waals surface area contributed by atoms with Gasteiger partial charge in [-0.3, -0.25) is 0 Å². The average molecular weight is 324 g/mol. The second kappa shape index (κ2) is 6.02. The highest BCUT2D eigenvalue weighted by Gasteiger charge is 2.05. The molecule has 0 atom stereocenters. The highest BCUT2D eigenvalue weighted by atomic mass is 79.9. The zero-order valence-corrected chi connectivity index (χ0v) is 12.4. The highest BCUT2D eigenvalue weighted by Crippen LogP contribution is 2.22. The number of nitrogens with zero attached hydrogens (tertiary/aromatic N) is 2. The molecule has 3 nitrogen and oxygen atoms in total. The van der Waals surface area contributed by atoms with E-state index in [1.165, 1.54) is 6.07 Å². The van der Waals surface area contributed by atoms with Gasteiger partial charge in [-0.1, -0.05) is 6.07 Å². The van der Waals surface area contributed by atoms with E-state index in [-0.39, 0.29) is 5.82 Å². The highest BCUT2D eigenvalue weighted by molar-refractivity contribution is 9.10. The van der Waals surface area contributed by atoms with Gasteiger partial charge in [-0.2, -0.15) is 0 Å². The van der Waals surface area contributed by atoms with Gasteiger partial charge in [0.05, 0.1) is 10.2 Å². The van der Waals surface area contributed by atoms with Crippen molar-refractivity contribution in [3.8, 4) is 0 Å². The van der Waals surface area contributed by atoms with Gasteiger partial charge in [-0.05, 0) is 45.8 Å². The molecule has 0 aliphatic carbocycles. The minimum Gasteiger partial charge on any atom is -0.378 e. The largest absolute Gasteiger partial charge is 0.378 e. The van der Waals surface area contributed by atoms with Crippen LogP contribution >= 0.6 is 15.9 Å². The normalized spacial score (nSPS) is 10.3. The van der Waals surface area contributed by atoms with Crippen LogP contribution in [-0.2, 0) is 6.54 Å². The summed E-state index contributed by atoms with van der Waals surface area (Å²) in [6.45, 7) is 0.552. The molecule has 0 unspecified atom stereocenters. The standard InChI is InChI=1S/C14H15BrFN3/c1-19(2)14-13(4-3-7-17-14)18-9-10-5-6-11(15)12(16)8-10/h3-8,18H,9H2,1-2H3. The molecule has 1 N–H and O–H groups in total. The van der Waals surface area contributed by atoms with Crippen LogP contribution in [0.5, 0.6) is 0 Å². The Balaban J connectivity index is 2.12. The van der Waals surface area contributed by atoms with E-state index in [2.05, 4.69) is 26.2 Å². The van der Waals surface area contributed by atoms with Gasteiger partial charge in [0, 0.05) is 26.8 Å². The van der Waals surface area contributed by atoms with Gasteiger partial charge in [0.2, 0.25) is 0 Å². The van der Waals surface area contributed by atoms with Crippen LogP contribution in [0.4, 0.5) is 15.9 Å². The van der Waals surface area contributed by atoms with Gasteiger partial charge in [0.25, 0.3) is 0 Å². The molecule has 0 saturated heterocycles. The zero-order chi connectivity index (χ0) is 13.8. The van der Waals surface area contributed by atoms with E-state index < -0.39 is 0 Å². The topological polar surface area (TPSA) is 28.2 Å². The molecule has 1 aromatic heterocycles. The fourth-order valence-corrected chi connectivity index (χ4v) is 1.98. The molecule has 1 aromatic carbocycles. The van der Waals surface area contributed by atoms with Gasteiger partial charge >= 0.3 is 0 Å². The van der Waals surface area contributed by atoms with Gasteiger partial charge in [-0.25, -0.2) is 9.37 Å². The monoisotopic (exact) mass is 323 g/mol. The SMILES string of the molecule is CN(C)c1ncccc1NCc1ccc(Br)c(F)c1. The Morgan fingerprint density at radius 1 is 1.32 bits per heavy atom. The predicted molar refractivity (Wildman–Crippen MR) is 80.0 cm³/mol. The molecule has 19 heavy (non-hydrogen) atoms. The van der Waals surface area contributed by atoms with Crippen LogP contribution < -0.4 is 10.2 Å². The number of aromatic nitrogens is 1. The Kier molecular flexibility index (Phi) is 4.37. The molecular formula is C14H15BrFN3. The molecule has 5 heteroatoms. The van der Waals surface area contributed by atoms with Crippen LogP contribution in [0.15, 0.2) is 41.0 Å². The van der Waals surface area contributed by atoms with E-state index in [0.29, 0.717) is 11.0 Å². The van der Waals surface area contributed by atoms with Crippen LogP contribution in [-0.4, -0.2) is 19.1 Å². The first-order valence-electron chi connectivity index (χ1n) is 5.88. The van der Waals surface area contributed by atoms with E-state index in [1.807, 2.05) is 37.2 Å². The van der Waals surface area contributed by atoms with Crippen LogP contribution in [0, 0.1) is 5.82 Å². The number of rotatable bonds is 4.